The van der Waals surface area contributed by atoms with Crippen LogP contribution in [0.3, 0.4) is 0 Å². The minimum Gasteiger partial charge on any atom is -0.388 e. The van der Waals surface area contributed by atoms with E-state index in [9.17, 15) is 9.90 Å². The Morgan fingerprint density at radius 1 is 1.44 bits per heavy atom. The molecular formula is C14H18ClNO2. The highest BCUT2D eigenvalue weighted by Crippen LogP contribution is 2.23. The first-order chi connectivity index (χ1) is 8.37. The van der Waals surface area contributed by atoms with E-state index in [2.05, 4.69) is 0 Å². The zero-order chi connectivity index (χ0) is 13.3. The summed E-state index contributed by atoms with van der Waals surface area (Å²) in [7, 11) is 0. The first kappa shape index (κ1) is 13.4. The van der Waals surface area contributed by atoms with Gasteiger partial charge in [0, 0.05) is 23.7 Å². The van der Waals surface area contributed by atoms with E-state index >= 15 is 0 Å². The van der Waals surface area contributed by atoms with E-state index in [1.807, 2.05) is 19.1 Å². The van der Waals surface area contributed by atoms with Gasteiger partial charge in [0.1, 0.15) is 0 Å². The van der Waals surface area contributed by atoms with Crippen LogP contribution in [0.4, 0.5) is 0 Å². The molecular weight excluding hydrogens is 250 g/mol. The van der Waals surface area contributed by atoms with Crippen LogP contribution < -0.4 is 0 Å². The molecule has 1 aliphatic heterocycles. The summed E-state index contributed by atoms with van der Waals surface area (Å²) in [4.78, 5) is 14.1. The van der Waals surface area contributed by atoms with Crippen molar-refractivity contribution in [2.75, 3.05) is 13.1 Å². The Hall–Kier alpha value is -1.06. The largest absolute Gasteiger partial charge is 0.388 e. The van der Waals surface area contributed by atoms with Crippen molar-refractivity contribution in [3.05, 3.63) is 34.3 Å². The quantitative estimate of drug-likeness (QED) is 0.850. The maximum atomic E-state index is 12.3. The van der Waals surface area contributed by atoms with Crippen LogP contribution in [0.2, 0.25) is 5.02 Å². The monoisotopic (exact) mass is 267 g/mol. The standard InChI is InChI=1S/C14H18ClNO2/c1-10-6-11(8-12(15)7-10)13(17)16-5-3-4-14(2,18)9-16/h6-8,18H,3-5,9H2,1-2H3. The predicted octanol–water partition coefficient (Wildman–Crippen LogP) is 2.64. The molecule has 98 valence electrons. The molecule has 1 unspecified atom stereocenters. The van der Waals surface area contributed by atoms with E-state index < -0.39 is 5.60 Å². The maximum absolute atomic E-state index is 12.3. The molecule has 0 bridgehead atoms. The number of piperidine rings is 1. The van der Waals surface area contributed by atoms with Crippen molar-refractivity contribution in [3.8, 4) is 0 Å². The molecule has 1 saturated heterocycles. The van der Waals surface area contributed by atoms with Crippen molar-refractivity contribution in [2.24, 2.45) is 0 Å². The van der Waals surface area contributed by atoms with Gasteiger partial charge >= 0.3 is 0 Å². The molecule has 18 heavy (non-hydrogen) atoms. The Kier molecular flexibility index (Phi) is 3.64. The summed E-state index contributed by atoms with van der Waals surface area (Å²) in [5, 5.41) is 10.6. The number of hydrogen-bond acceptors (Lipinski definition) is 2. The third-order valence-electron chi connectivity index (χ3n) is 3.25. The highest BCUT2D eigenvalue weighted by Gasteiger charge is 2.31. The molecule has 0 aliphatic carbocycles. The van der Waals surface area contributed by atoms with Gasteiger partial charge in [-0.25, -0.2) is 0 Å². The van der Waals surface area contributed by atoms with Gasteiger partial charge in [0.15, 0.2) is 0 Å². The van der Waals surface area contributed by atoms with Crippen molar-refractivity contribution in [3.63, 3.8) is 0 Å². The maximum Gasteiger partial charge on any atom is 0.254 e. The van der Waals surface area contributed by atoms with E-state index in [1.165, 1.54) is 0 Å². The highest BCUT2D eigenvalue weighted by molar-refractivity contribution is 6.31. The Balaban J connectivity index is 2.20. The smallest absolute Gasteiger partial charge is 0.254 e. The molecule has 2 rings (SSSR count). The summed E-state index contributed by atoms with van der Waals surface area (Å²) < 4.78 is 0. The second-order valence-electron chi connectivity index (χ2n) is 5.34. The number of halogens is 1. The van der Waals surface area contributed by atoms with Gasteiger partial charge in [-0.1, -0.05) is 11.6 Å². The lowest BCUT2D eigenvalue weighted by Gasteiger charge is -2.36. The molecule has 1 aromatic rings. The lowest BCUT2D eigenvalue weighted by atomic mass is 9.94. The molecule has 1 amide bonds. The van der Waals surface area contributed by atoms with Crippen LogP contribution >= 0.6 is 11.6 Å². The van der Waals surface area contributed by atoms with E-state index in [0.29, 0.717) is 23.7 Å². The van der Waals surface area contributed by atoms with Crippen LogP contribution in [0, 0.1) is 6.92 Å². The fraction of sp³-hybridized carbons (Fsp3) is 0.500. The molecule has 0 spiro atoms. The number of amides is 1. The van der Waals surface area contributed by atoms with Gasteiger partial charge < -0.3 is 10.0 Å². The van der Waals surface area contributed by atoms with E-state index in [1.54, 1.807) is 17.9 Å². The number of rotatable bonds is 1. The third kappa shape index (κ3) is 3.03. The number of nitrogens with zero attached hydrogens (tertiary/aromatic N) is 1. The topological polar surface area (TPSA) is 40.5 Å². The molecule has 3 nitrogen and oxygen atoms in total. The zero-order valence-corrected chi connectivity index (χ0v) is 11.5. The molecule has 1 fully saturated rings. The van der Waals surface area contributed by atoms with Gasteiger partial charge in [0.25, 0.3) is 5.91 Å². The molecule has 1 aromatic carbocycles. The van der Waals surface area contributed by atoms with Gasteiger partial charge in [-0.3, -0.25) is 4.79 Å². The minimum atomic E-state index is -0.776. The third-order valence-corrected chi connectivity index (χ3v) is 3.47. The summed E-state index contributed by atoms with van der Waals surface area (Å²) in [5.74, 6) is -0.0550. The Morgan fingerprint density at radius 3 is 2.78 bits per heavy atom. The van der Waals surface area contributed by atoms with Gasteiger partial charge in [0.05, 0.1) is 5.60 Å². The van der Waals surface area contributed by atoms with Gasteiger partial charge in [0.2, 0.25) is 0 Å². The van der Waals surface area contributed by atoms with Crippen molar-refractivity contribution >= 4 is 17.5 Å². The van der Waals surface area contributed by atoms with Crippen LogP contribution in [-0.4, -0.2) is 34.6 Å². The fourth-order valence-corrected chi connectivity index (χ4v) is 2.73. The molecule has 1 heterocycles. The van der Waals surface area contributed by atoms with E-state index in [0.717, 1.165) is 18.4 Å². The molecule has 1 atom stereocenters. The van der Waals surface area contributed by atoms with Crippen molar-refractivity contribution in [2.45, 2.75) is 32.3 Å². The molecule has 0 radical (unpaired) electrons. The SMILES string of the molecule is Cc1cc(Cl)cc(C(=O)N2CCCC(C)(O)C2)c1. The average molecular weight is 268 g/mol. The zero-order valence-electron chi connectivity index (χ0n) is 10.7. The molecule has 0 aromatic heterocycles. The number of aryl methyl sites for hydroxylation is 1. The van der Waals surface area contributed by atoms with Crippen LogP contribution in [0.5, 0.6) is 0 Å². The van der Waals surface area contributed by atoms with Crippen molar-refractivity contribution < 1.29 is 9.90 Å². The first-order valence-electron chi connectivity index (χ1n) is 6.16. The van der Waals surface area contributed by atoms with E-state index in [4.69, 9.17) is 11.6 Å². The second-order valence-corrected chi connectivity index (χ2v) is 5.78. The Bertz CT molecular complexity index is 451. The molecule has 1 N–H and O–H groups in total. The Morgan fingerprint density at radius 2 is 2.17 bits per heavy atom. The number of carbonyl (C=O) groups is 1. The van der Waals surface area contributed by atoms with Gasteiger partial charge in [-0.2, -0.15) is 0 Å². The molecule has 4 heteroatoms. The fourth-order valence-electron chi connectivity index (χ4n) is 2.44. The highest BCUT2D eigenvalue weighted by atomic mass is 35.5. The lowest BCUT2D eigenvalue weighted by Crippen LogP contribution is -2.48. The number of carbonyl (C=O) groups excluding carboxylic acids is 1. The van der Waals surface area contributed by atoms with E-state index in [-0.39, 0.29) is 5.91 Å². The minimum absolute atomic E-state index is 0.0550. The molecule has 0 saturated carbocycles. The first-order valence-corrected chi connectivity index (χ1v) is 6.54. The number of aliphatic hydroxyl groups is 1. The van der Waals surface area contributed by atoms with Gasteiger partial charge in [-0.05, 0) is 50.5 Å². The average Bonchev–Trinajstić information content (AvgIpc) is 2.25. The number of likely N-dealkylation sites (tertiary alicyclic amines) is 1. The summed E-state index contributed by atoms with van der Waals surface area (Å²) in [6.45, 7) is 4.77. The number of hydrogen-bond donors (Lipinski definition) is 1. The number of benzene rings is 1. The summed E-state index contributed by atoms with van der Waals surface area (Å²) in [5.41, 5.74) is 0.786. The van der Waals surface area contributed by atoms with Crippen LogP contribution in [-0.2, 0) is 0 Å². The van der Waals surface area contributed by atoms with Crippen molar-refractivity contribution in [1.82, 2.24) is 4.90 Å². The predicted molar refractivity (Wildman–Crippen MR) is 72.0 cm³/mol. The number of β-amino-alcohol motifs (C(OH)–C–C–N with tert-alkyl or cyclic N) is 1. The van der Waals surface area contributed by atoms with Crippen LogP contribution in [0.1, 0.15) is 35.7 Å². The van der Waals surface area contributed by atoms with Crippen LogP contribution in [0.15, 0.2) is 18.2 Å². The second kappa shape index (κ2) is 4.90. The summed E-state index contributed by atoms with van der Waals surface area (Å²) >= 11 is 5.97. The van der Waals surface area contributed by atoms with Gasteiger partial charge in [-0.15, -0.1) is 0 Å². The summed E-state index contributed by atoms with van der Waals surface area (Å²) in [6, 6.07) is 5.34. The lowest BCUT2D eigenvalue weighted by molar-refractivity contribution is -0.0107. The molecule has 1 aliphatic rings. The summed E-state index contributed by atoms with van der Waals surface area (Å²) in [6.07, 6.45) is 1.57. The Labute approximate surface area is 112 Å². The van der Waals surface area contributed by atoms with Crippen molar-refractivity contribution in [1.29, 1.82) is 0 Å². The normalized spacial score (nSPS) is 24.1. The van der Waals surface area contributed by atoms with Crippen LogP contribution in [0.25, 0.3) is 0 Å².